The van der Waals surface area contributed by atoms with E-state index < -0.39 is 0 Å². The highest BCUT2D eigenvalue weighted by molar-refractivity contribution is 6.33. The molecule has 2 nitrogen and oxygen atoms in total. The molecule has 1 aromatic rings. The molecule has 0 unspecified atom stereocenters. The molecule has 1 rings (SSSR count). The van der Waals surface area contributed by atoms with E-state index in [1.165, 1.54) is 0 Å². The Balaban J connectivity index is 2.94. The number of aliphatic hydroxyl groups is 1. The topological polar surface area (TPSA) is 29.5 Å². The lowest BCUT2D eigenvalue weighted by Crippen LogP contribution is -2.06. The van der Waals surface area contributed by atoms with Crippen LogP contribution in [0, 0.1) is 6.61 Å². The number of ether oxygens (including phenoxy) is 1. The highest BCUT2D eigenvalue weighted by atomic mass is 35.5. The van der Waals surface area contributed by atoms with Crippen molar-refractivity contribution in [3.63, 3.8) is 0 Å². The molecular weight excluding hydrogens is 188 g/mol. The second-order valence-corrected chi connectivity index (χ2v) is 3.33. The van der Waals surface area contributed by atoms with E-state index in [0.29, 0.717) is 16.3 Å². The van der Waals surface area contributed by atoms with Gasteiger partial charge in [-0.25, -0.2) is 0 Å². The van der Waals surface area contributed by atoms with Gasteiger partial charge in [-0.3, -0.25) is 0 Å². The average molecular weight is 200 g/mol. The average Bonchev–Trinajstić information content (AvgIpc) is 2.08. The quantitative estimate of drug-likeness (QED) is 0.811. The van der Waals surface area contributed by atoms with E-state index >= 15 is 0 Å². The Labute approximate surface area is 83.1 Å². The minimum Gasteiger partial charge on any atom is -0.489 e. The highest BCUT2D eigenvalue weighted by Gasteiger charge is 2.07. The van der Waals surface area contributed by atoms with E-state index in [1.807, 2.05) is 13.8 Å². The van der Waals surface area contributed by atoms with Crippen molar-refractivity contribution in [3.8, 4) is 5.75 Å². The van der Waals surface area contributed by atoms with E-state index in [2.05, 4.69) is 0 Å². The van der Waals surface area contributed by atoms with Crippen LogP contribution in [-0.2, 0) is 0 Å². The first kappa shape index (κ1) is 10.4. The molecule has 0 aliphatic carbocycles. The Morgan fingerprint density at radius 1 is 1.46 bits per heavy atom. The highest BCUT2D eigenvalue weighted by Crippen LogP contribution is 2.29. The lowest BCUT2D eigenvalue weighted by Gasteiger charge is -2.12. The van der Waals surface area contributed by atoms with Gasteiger partial charge in [-0.1, -0.05) is 23.7 Å². The predicted molar refractivity (Wildman–Crippen MR) is 52.6 cm³/mol. The summed E-state index contributed by atoms with van der Waals surface area (Å²) < 4.78 is 5.42. The van der Waals surface area contributed by atoms with Crippen LogP contribution < -0.4 is 4.74 Å². The molecule has 0 spiro atoms. The summed E-state index contributed by atoms with van der Waals surface area (Å²) in [6.07, 6.45) is 0.0754. The van der Waals surface area contributed by atoms with Gasteiger partial charge in [0.2, 0.25) is 0 Å². The Hall–Kier alpha value is -0.730. The number of aliphatic hydroxyl groups excluding tert-OH is 1. The number of rotatable bonds is 3. The van der Waals surface area contributed by atoms with Gasteiger partial charge in [0.15, 0.2) is 0 Å². The Bertz CT molecular complexity index is 284. The Morgan fingerprint density at radius 3 is 2.69 bits per heavy atom. The summed E-state index contributed by atoms with van der Waals surface area (Å²) in [4.78, 5) is 0. The van der Waals surface area contributed by atoms with E-state index in [0.717, 1.165) is 6.61 Å². The van der Waals surface area contributed by atoms with Gasteiger partial charge < -0.3 is 9.84 Å². The zero-order valence-electron chi connectivity index (χ0n) is 7.62. The lowest BCUT2D eigenvalue weighted by atomic mass is 10.2. The first-order chi connectivity index (χ1) is 6.15. The van der Waals surface area contributed by atoms with Crippen LogP contribution in [0.25, 0.3) is 0 Å². The normalized spacial score (nSPS) is 10.5. The molecule has 3 heteroatoms. The molecule has 0 aliphatic heterocycles. The number of hydrogen-bond acceptors (Lipinski definition) is 2. The molecule has 71 valence electrons. The van der Waals surface area contributed by atoms with Crippen LogP contribution in [0.4, 0.5) is 0 Å². The molecule has 0 fully saturated rings. The van der Waals surface area contributed by atoms with E-state index in [4.69, 9.17) is 21.4 Å². The summed E-state index contributed by atoms with van der Waals surface area (Å²) in [5.41, 5.74) is 0.569. The molecule has 0 saturated carbocycles. The SMILES string of the molecule is CC(C)Oc1cccc([CH]O)c1Cl. The van der Waals surface area contributed by atoms with Gasteiger partial charge in [0.05, 0.1) is 11.1 Å². The maximum Gasteiger partial charge on any atom is 0.138 e. The van der Waals surface area contributed by atoms with E-state index in [-0.39, 0.29) is 6.10 Å². The van der Waals surface area contributed by atoms with Crippen LogP contribution in [0.2, 0.25) is 5.02 Å². The fourth-order valence-electron chi connectivity index (χ4n) is 0.972. The smallest absolute Gasteiger partial charge is 0.138 e. The van der Waals surface area contributed by atoms with Crippen LogP contribution in [0.15, 0.2) is 18.2 Å². The Kier molecular flexibility index (Phi) is 3.58. The van der Waals surface area contributed by atoms with Crippen molar-refractivity contribution in [3.05, 3.63) is 35.4 Å². The van der Waals surface area contributed by atoms with E-state index in [1.54, 1.807) is 18.2 Å². The molecule has 0 aromatic heterocycles. The van der Waals surface area contributed by atoms with Crippen LogP contribution >= 0.6 is 11.6 Å². The number of benzene rings is 1. The molecule has 1 aromatic carbocycles. The van der Waals surface area contributed by atoms with Gasteiger partial charge in [-0.2, -0.15) is 0 Å². The van der Waals surface area contributed by atoms with Crippen LogP contribution in [0.5, 0.6) is 5.75 Å². The molecule has 1 radical (unpaired) electrons. The van der Waals surface area contributed by atoms with Crippen LogP contribution in [-0.4, -0.2) is 11.2 Å². The summed E-state index contributed by atoms with van der Waals surface area (Å²) in [7, 11) is 0. The monoisotopic (exact) mass is 199 g/mol. The van der Waals surface area contributed by atoms with Crippen molar-refractivity contribution in [2.45, 2.75) is 20.0 Å². The molecule has 0 bridgehead atoms. The summed E-state index contributed by atoms with van der Waals surface area (Å²) in [6.45, 7) is 4.81. The first-order valence-corrected chi connectivity index (χ1v) is 4.45. The van der Waals surface area contributed by atoms with Gasteiger partial charge in [0.1, 0.15) is 12.4 Å². The van der Waals surface area contributed by atoms with Gasteiger partial charge >= 0.3 is 0 Å². The van der Waals surface area contributed by atoms with Gasteiger partial charge in [0, 0.05) is 5.56 Å². The number of hydrogen-bond donors (Lipinski definition) is 1. The standard InChI is InChI=1S/C10H12ClO2/c1-7(2)13-9-5-3-4-8(6-12)10(9)11/h3-7,12H,1-2H3. The minimum absolute atomic E-state index is 0.0754. The van der Waals surface area contributed by atoms with Crippen LogP contribution in [0.1, 0.15) is 19.4 Å². The van der Waals surface area contributed by atoms with Crippen molar-refractivity contribution >= 4 is 11.6 Å². The van der Waals surface area contributed by atoms with E-state index in [9.17, 15) is 0 Å². The molecule has 0 amide bonds. The van der Waals surface area contributed by atoms with Crippen molar-refractivity contribution in [1.29, 1.82) is 0 Å². The summed E-state index contributed by atoms with van der Waals surface area (Å²) >= 11 is 5.94. The maximum absolute atomic E-state index is 8.81. The zero-order chi connectivity index (χ0) is 9.84. The van der Waals surface area contributed by atoms with Gasteiger partial charge in [-0.05, 0) is 19.9 Å². The third-order valence-corrected chi connectivity index (χ3v) is 1.90. The lowest BCUT2D eigenvalue weighted by molar-refractivity contribution is 0.242. The molecule has 0 heterocycles. The molecule has 0 aliphatic rings. The third-order valence-electron chi connectivity index (χ3n) is 1.49. The summed E-state index contributed by atoms with van der Waals surface area (Å²) in [6, 6.07) is 5.27. The summed E-state index contributed by atoms with van der Waals surface area (Å²) in [5, 5.41) is 9.26. The Morgan fingerprint density at radius 2 is 2.15 bits per heavy atom. The van der Waals surface area contributed by atoms with Crippen molar-refractivity contribution < 1.29 is 9.84 Å². The third kappa shape index (κ3) is 2.61. The second-order valence-electron chi connectivity index (χ2n) is 2.96. The van der Waals surface area contributed by atoms with Gasteiger partial charge in [-0.15, -0.1) is 0 Å². The molecule has 13 heavy (non-hydrogen) atoms. The zero-order valence-corrected chi connectivity index (χ0v) is 8.38. The van der Waals surface area contributed by atoms with Crippen LogP contribution in [0.3, 0.4) is 0 Å². The molecule has 0 atom stereocenters. The molecular formula is C10H12ClO2. The first-order valence-electron chi connectivity index (χ1n) is 4.07. The second kappa shape index (κ2) is 4.49. The predicted octanol–water partition coefficient (Wildman–Crippen LogP) is 3.01. The minimum atomic E-state index is 0.0754. The van der Waals surface area contributed by atoms with Crippen molar-refractivity contribution in [2.75, 3.05) is 0 Å². The fraction of sp³-hybridized carbons (Fsp3) is 0.300. The van der Waals surface area contributed by atoms with Gasteiger partial charge in [0.25, 0.3) is 0 Å². The summed E-state index contributed by atoms with van der Waals surface area (Å²) in [5.74, 6) is 0.597. The van der Waals surface area contributed by atoms with Crippen molar-refractivity contribution in [1.82, 2.24) is 0 Å². The number of halogens is 1. The molecule has 1 N–H and O–H groups in total. The van der Waals surface area contributed by atoms with Crippen molar-refractivity contribution in [2.24, 2.45) is 0 Å². The maximum atomic E-state index is 8.81. The molecule has 0 saturated heterocycles. The largest absolute Gasteiger partial charge is 0.489 e. The fourth-order valence-corrected chi connectivity index (χ4v) is 1.19.